The number of aromatic hydroxyl groups is 1. The first-order valence-corrected chi connectivity index (χ1v) is 7.70. The number of primary amides is 1. The van der Waals surface area contributed by atoms with E-state index in [2.05, 4.69) is 10.2 Å². The van der Waals surface area contributed by atoms with Gasteiger partial charge in [0.2, 0.25) is 0 Å². The highest BCUT2D eigenvalue weighted by molar-refractivity contribution is 6.04. The molecule has 0 atom stereocenters. The number of amides is 1. The summed E-state index contributed by atoms with van der Waals surface area (Å²) in [5, 5.41) is 17.7. The molecule has 25 heavy (non-hydrogen) atoms. The van der Waals surface area contributed by atoms with E-state index in [9.17, 15) is 9.90 Å². The van der Waals surface area contributed by atoms with Gasteiger partial charge in [-0.3, -0.25) is 4.79 Å². The molecule has 0 spiro atoms. The summed E-state index contributed by atoms with van der Waals surface area (Å²) < 4.78 is 0. The Hall–Kier alpha value is -3.41. The van der Waals surface area contributed by atoms with Crippen LogP contribution in [0.5, 0.6) is 5.75 Å². The fourth-order valence-corrected chi connectivity index (χ4v) is 2.94. The van der Waals surface area contributed by atoms with Crippen molar-refractivity contribution in [3.63, 3.8) is 0 Å². The van der Waals surface area contributed by atoms with E-state index in [1.54, 1.807) is 30.6 Å². The average Bonchev–Trinajstić information content (AvgIpc) is 2.60. The lowest BCUT2D eigenvalue weighted by atomic mass is 9.89. The van der Waals surface area contributed by atoms with Crippen LogP contribution >= 0.6 is 0 Å². The second-order valence-electron chi connectivity index (χ2n) is 5.88. The first kappa shape index (κ1) is 16.4. The molecule has 6 nitrogen and oxygen atoms in total. The van der Waals surface area contributed by atoms with E-state index in [1.165, 1.54) is 0 Å². The lowest BCUT2D eigenvalue weighted by Crippen LogP contribution is -2.14. The summed E-state index contributed by atoms with van der Waals surface area (Å²) in [7, 11) is 0. The summed E-state index contributed by atoms with van der Waals surface area (Å²) >= 11 is 0. The van der Waals surface area contributed by atoms with Crippen LogP contribution in [0.15, 0.2) is 42.7 Å². The lowest BCUT2D eigenvalue weighted by Gasteiger charge is -2.17. The average molecular weight is 334 g/mol. The third-order valence-electron chi connectivity index (χ3n) is 4.28. The molecule has 3 aromatic rings. The molecule has 0 saturated heterocycles. The highest BCUT2D eigenvalue weighted by Gasteiger charge is 2.18. The summed E-state index contributed by atoms with van der Waals surface area (Å²) in [5.74, 6) is -0.449. The van der Waals surface area contributed by atoms with Crippen molar-refractivity contribution in [3.8, 4) is 28.0 Å². The Morgan fingerprint density at radius 2 is 1.84 bits per heavy atom. The highest BCUT2D eigenvalue weighted by atomic mass is 16.3. The summed E-state index contributed by atoms with van der Waals surface area (Å²) in [4.78, 5) is 11.9. The molecule has 0 unspecified atom stereocenters. The molecule has 0 aliphatic heterocycles. The fraction of sp³-hybridized carbons (Fsp3) is 0.105. The molecule has 2 aromatic carbocycles. The van der Waals surface area contributed by atoms with E-state index in [1.807, 2.05) is 26.0 Å². The number of phenols is 1. The molecular formula is C19H18N4O2. The zero-order valence-corrected chi connectivity index (χ0v) is 13.9. The van der Waals surface area contributed by atoms with Crippen molar-refractivity contribution >= 4 is 11.6 Å². The van der Waals surface area contributed by atoms with Gasteiger partial charge in [-0.1, -0.05) is 6.07 Å². The van der Waals surface area contributed by atoms with Crippen LogP contribution in [0.2, 0.25) is 0 Å². The summed E-state index contributed by atoms with van der Waals surface area (Å²) in [6.07, 6.45) is 3.17. The number of carbonyl (C=O) groups excluding carboxylic acids is 1. The monoisotopic (exact) mass is 334 g/mol. The minimum Gasteiger partial charge on any atom is -0.508 e. The molecular weight excluding hydrogens is 316 g/mol. The number of carbonyl (C=O) groups is 1. The zero-order chi connectivity index (χ0) is 18.1. The van der Waals surface area contributed by atoms with Gasteiger partial charge in [-0.05, 0) is 60.4 Å². The van der Waals surface area contributed by atoms with Crippen molar-refractivity contribution in [1.29, 1.82) is 0 Å². The summed E-state index contributed by atoms with van der Waals surface area (Å²) in [6.45, 7) is 3.73. The Bertz CT molecular complexity index is 969. The Labute approximate surface area is 145 Å². The quantitative estimate of drug-likeness (QED) is 0.637. The van der Waals surface area contributed by atoms with Crippen LogP contribution in [-0.4, -0.2) is 21.2 Å². The summed E-state index contributed by atoms with van der Waals surface area (Å²) in [5.41, 5.74) is 16.9. The molecule has 126 valence electrons. The molecule has 6 heteroatoms. The molecule has 0 fully saturated rings. The van der Waals surface area contributed by atoms with Gasteiger partial charge in [-0.2, -0.15) is 10.2 Å². The zero-order valence-electron chi connectivity index (χ0n) is 13.9. The molecule has 0 saturated carbocycles. The number of hydrogen-bond acceptors (Lipinski definition) is 5. The number of aryl methyl sites for hydroxylation is 1. The second-order valence-corrected chi connectivity index (χ2v) is 5.88. The third kappa shape index (κ3) is 2.89. The molecule has 0 aliphatic carbocycles. The van der Waals surface area contributed by atoms with Gasteiger partial charge in [0.15, 0.2) is 0 Å². The SMILES string of the molecule is Cc1ccc(O)c(C)c1-c1cc(-c2ccnnc2)cc(C(N)=O)c1N. The molecule has 0 aliphatic rings. The van der Waals surface area contributed by atoms with Crippen LogP contribution in [0.25, 0.3) is 22.3 Å². The normalized spacial score (nSPS) is 10.6. The van der Waals surface area contributed by atoms with Crippen LogP contribution in [0.3, 0.4) is 0 Å². The Morgan fingerprint density at radius 3 is 2.48 bits per heavy atom. The standard InChI is InChI=1S/C19H18N4O2/c1-10-3-4-16(24)11(2)17(10)14-7-13(12-5-6-22-23-9-12)8-15(18(14)20)19(21)25/h3-9,24H,20H2,1-2H3,(H2,21,25). The van der Waals surface area contributed by atoms with E-state index in [0.29, 0.717) is 11.1 Å². The van der Waals surface area contributed by atoms with Gasteiger partial charge < -0.3 is 16.6 Å². The minimum absolute atomic E-state index is 0.164. The topological polar surface area (TPSA) is 115 Å². The molecule has 1 amide bonds. The molecule has 1 heterocycles. The molecule has 3 rings (SSSR count). The van der Waals surface area contributed by atoms with Crippen LogP contribution in [0.4, 0.5) is 5.69 Å². The van der Waals surface area contributed by atoms with Crippen LogP contribution < -0.4 is 11.5 Å². The number of nitrogens with two attached hydrogens (primary N) is 2. The van der Waals surface area contributed by atoms with Gasteiger partial charge in [0, 0.05) is 11.1 Å². The highest BCUT2D eigenvalue weighted by Crippen LogP contribution is 2.39. The van der Waals surface area contributed by atoms with Crippen molar-refractivity contribution < 1.29 is 9.90 Å². The minimum atomic E-state index is -0.613. The molecule has 0 radical (unpaired) electrons. The van der Waals surface area contributed by atoms with Gasteiger partial charge in [-0.25, -0.2) is 0 Å². The van der Waals surface area contributed by atoms with Gasteiger partial charge in [0.05, 0.1) is 23.6 Å². The van der Waals surface area contributed by atoms with Crippen LogP contribution in [-0.2, 0) is 0 Å². The molecule has 5 N–H and O–H groups in total. The van der Waals surface area contributed by atoms with Crippen molar-refractivity contribution in [3.05, 3.63) is 59.4 Å². The van der Waals surface area contributed by atoms with Crippen molar-refractivity contribution in [1.82, 2.24) is 10.2 Å². The van der Waals surface area contributed by atoms with Crippen LogP contribution in [0, 0.1) is 13.8 Å². The number of hydrogen-bond donors (Lipinski definition) is 3. The van der Waals surface area contributed by atoms with E-state index < -0.39 is 5.91 Å². The first-order valence-electron chi connectivity index (χ1n) is 7.70. The predicted octanol–water partition coefficient (Wildman–Crippen LogP) is 2.81. The van der Waals surface area contributed by atoms with Crippen molar-refractivity contribution in [2.45, 2.75) is 13.8 Å². The number of aromatic nitrogens is 2. The Morgan fingerprint density at radius 1 is 1.08 bits per heavy atom. The maximum atomic E-state index is 11.9. The number of nitrogens with zero attached hydrogens (tertiary/aromatic N) is 2. The number of anilines is 1. The van der Waals surface area contributed by atoms with Gasteiger partial charge >= 0.3 is 0 Å². The van der Waals surface area contributed by atoms with Gasteiger partial charge in [0.1, 0.15) is 5.75 Å². The number of benzene rings is 2. The van der Waals surface area contributed by atoms with Gasteiger partial charge in [-0.15, -0.1) is 0 Å². The number of rotatable bonds is 3. The van der Waals surface area contributed by atoms with Crippen molar-refractivity contribution in [2.24, 2.45) is 5.73 Å². The fourth-order valence-electron chi connectivity index (χ4n) is 2.94. The lowest BCUT2D eigenvalue weighted by molar-refractivity contribution is 0.100. The van der Waals surface area contributed by atoms with Crippen LogP contribution in [0.1, 0.15) is 21.5 Å². The van der Waals surface area contributed by atoms with E-state index >= 15 is 0 Å². The number of phenolic OH excluding ortho intramolecular Hbond substituents is 1. The van der Waals surface area contributed by atoms with E-state index in [4.69, 9.17) is 11.5 Å². The molecule has 0 bridgehead atoms. The smallest absolute Gasteiger partial charge is 0.250 e. The van der Waals surface area contributed by atoms with Crippen molar-refractivity contribution in [2.75, 3.05) is 5.73 Å². The maximum Gasteiger partial charge on any atom is 0.250 e. The summed E-state index contributed by atoms with van der Waals surface area (Å²) in [6, 6.07) is 8.74. The Kier molecular flexibility index (Phi) is 4.10. The first-order chi connectivity index (χ1) is 11.9. The number of nitrogen functional groups attached to an aromatic ring is 1. The van der Waals surface area contributed by atoms with Gasteiger partial charge in [0.25, 0.3) is 5.91 Å². The van der Waals surface area contributed by atoms with E-state index in [0.717, 1.165) is 22.3 Å². The third-order valence-corrected chi connectivity index (χ3v) is 4.28. The van der Waals surface area contributed by atoms with E-state index in [-0.39, 0.29) is 17.0 Å². The molecule has 1 aromatic heterocycles. The predicted molar refractivity (Wildman–Crippen MR) is 97.0 cm³/mol. The maximum absolute atomic E-state index is 11.9. The largest absolute Gasteiger partial charge is 0.508 e. The Balaban J connectivity index is 2.36. The second kappa shape index (κ2) is 6.24.